The zero-order chi connectivity index (χ0) is 27.6. The second-order valence-electron chi connectivity index (χ2n) is 9.15. The number of hydrogen-bond acceptors (Lipinski definition) is 12. The second kappa shape index (κ2) is 11.2. The first-order chi connectivity index (χ1) is 18.0. The lowest BCUT2D eigenvalue weighted by Crippen LogP contribution is -2.61. The Labute approximate surface area is 216 Å². The van der Waals surface area contributed by atoms with Crippen LogP contribution in [0.1, 0.15) is 5.56 Å². The first-order valence-corrected chi connectivity index (χ1v) is 11.6. The Morgan fingerprint density at radius 1 is 1.05 bits per heavy atom. The summed E-state index contributed by atoms with van der Waals surface area (Å²) in [5, 5.41) is 70.1. The Morgan fingerprint density at radius 3 is 2.42 bits per heavy atom. The summed E-state index contributed by atoms with van der Waals surface area (Å²) in [6.07, 6.45) is -3.40. The smallest absolute Gasteiger partial charge is 0.335 e. The number of carbonyl (C=O) groups excluding carboxylic acids is 1. The number of fused-ring (bicyclic) bond motifs is 1. The number of aliphatic carboxylic acids is 1. The summed E-state index contributed by atoms with van der Waals surface area (Å²) < 4.78 is 21.6. The van der Waals surface area contributed by atoms with Gasteiger partial charge in [-0.15, -0.1) is 0 Å². The van der Waals surface area contributed by atoms with Crippen LogP contribution < -0.4 is 0 Å². The fourth-order valence-electron chi connectivity index (χ4n) is 4.57. The first kappa shape index (κ1) is 27.7. The minimum absolute atomic E-state index is 0.0551. The van der Waals surface area contributed by atoms with E-state index in [1.807, 2.05) is 0 Å². The molecule has 38 heavy (non-hydrogen) atoms. The molecule has 13 heteroatoms. The molecule has 7 N–H and O–H groups in total. The number of carbonyl (C=O) groups is 2. The Hall–Kier alpha value is -3.30. The molecule has 0 radical (unpaired) electrons. The molecule has 0 bridgehead atoms. The lowest BCUT2D eigenvalue weighted by Gasteiger charge is -2.44. The molecule has 1 saturated heterocycles. The van der Waals surface area contributed by atoms with Crippen molar-refractivity contribution in [2.45, 2.75) is 42.6 Å². The number of phenols is 1. The van der Waals surface area contributed by atoms with Gasteiger partial charge in [0.2, 0.25) is 6.29 Å². The molecule has 1 aliphatic carbocycles. The fourth-order valence-corrected chi connectivity index (χ4v) is 4.57. The average Bonchev–Trinajstić information content (AvgIpc) is 3.25. The van der Waals surface area contributed by atoms with Gasteiger partial charge in [0.1, 0.15) is 42.4 Å². The largest absolute Gasteiger partial charge is 0.508 e. The normalized spacial score (nSPS) is 36.4. The van der Waals surface area contributed by atoms with Crippen molar-refractivity contribution in [1.29, 1.82) is 0 Å². The van der Waals surface area contributed by atoms with Gasteiger partial charge in [-0.1, -0.05) is 24.3 Å². The van der Waals surface area contributed by atoms with Crippen molar-refractivity contribution in [3.05, 3.63) is 59.9 Å². The summed E-state index contributed by atoms with van der Waals surface area (Å²) >= 11 is 0. The molecule has 0 aromatic heterocycles. The number of benzene rings is 1. The van der Waals surface area contributed by atoms with Crippen LogP contribution in [0, 0.1) is 11.8 Å². The van der Waals surface area contributed by atoms with Gasteiger partial charge in [-0.05, 0) is 23.8 Å². The van der Waals surface area contributed by atoms with Crippen LogP contribution in [0.5, 0.6) is 5.75 Å². The van der Waals surface area contributed by atoms with Crippen LogP contribution in [-0.2, 0) is 28.5 Å². The highest BCUT2D eigenvalue weighted by molar-refractivity contribution is 5.88. The van der Waals surface area contributed by atoms with Gasteiger partial charge in [0, 0.05) is 12.0 Å². The van der Waals surface area contributed by atoms with E-state index in [2.05, 4.69) is 0 Å². The highest BCUT2D eigenvalue weighted by Crippen LogP contribution is 2.45. The molecule has 0 amide bonds. The van der Waals surface area contributed by atoms with E-state index in [1.165, 1.54) is 30.4 Å². The molecule has 0 spiro atoms. The first-order valence-electron chi connectivity index (χ1n) is 11.6. The summed E-state index contributed by atoms with van der Waals surface area (Å²) in [4.78, 5) is 24.1. The molecule has 2 heterocycles. The Bertz CT molecular complexity index is 1110. The van der Waals surface area contributed by atoms with Gasteiger partial charge in [-0.2, -0.15) is 0 Å². The number of hydrogen-bond donors (Lipinski definition) is 7. The topological polar surface area (TPSA) is 213 Å². The van der Waals surface area contributed by atoms with Gasteiger partial charge >= 0.3 is 11.9 Å². The number of aliphatic hydroxyl groups is 5. The van der Waals surface area contributed by atoms with Crippen LogP contribution in [0.15, 0.2) is 54.3 Å². The van der Waals surface area contributed by atoms with Crippen molar-refractivity contribution < 1.29 is 64.3 Å². The van der Waals surface area contributed by atoms with E-state index < -0.39 is 79.6 Å². The van der Waals surface area contributed by atoms with Crippen LogP contribution in [-0.4, -0.2) is 103 Å². The summed E-state index contributed by atoms with van der Waals surface area (Å²) in [7, 11) is 0. The van der Waals surface area contributed by atoms with Gasteiger partial charge in [-0.25, -0.2) is 9.59 Å². The van der Waals surface area contributed by atoms with Crippen LogP contribution in [0.3, 0.4) is 0 Å². The molecule has 1 aromatic carbocycles. The number of allylic oxidation sites excluding steroid dienone is 1. The van der Waals surface area contributed by atoms with Gasteiger partial charge < -0.3 is 54.7 Å². The number of carboxylic acid groups (broad SMARTS) is 1. The summed E-state index contributed by atoms with van der Waals surface area (Å²) in [6, 6.07) is 6.00. The van der Waals surface area contributed by atoms with E-state index in [-0.39, 0.29) is 11.3 Å². The number of esters is 1. The molecule has 9 atom stereocenters. The average molecular weight is 536 g/mol. The summed E-state index contributed by atoms with van der Waals surface area (Å²) in [6.45, 7) is -1.32. The van der Waals surface area contributed by atoms with Gasteiger partial charge in [-0.3, -0.25) is 0 Å². The second-order valence-corrected chi connectivity index (χ2v) is 9.15. The molecule has 1 aromatic rings. The van der Waals surface area contributed by atoms with E-state index in [4.69, 9.17) is 18.9 Å². The lowest BCUT2D eigenvalue weighted by molar-refractivity contribution is -0.346. The van der Waals surface area contributed by atoms with Crippen molar-refractivity contribution in [2.24, 2.45) is 11.8 Å². The molecule has 4 rings (SSSR count). The third kappa shape index (κ3) is 5.59. The third-order valence-corrected chi connectivity index (χ3v) is 6.65. The molecule has 0 saturated carbocycles. The van der Waals surface area contributed by atoms with E-state index in [9.17, 15) is 45.3 Å². The molecular formula is C25H28O13. The lowest BCUT2D eigenvalue weighted by atomic mass is 9.79. The molecule has 3 aliphatic rings. The van der Waals surface area contributed by atoms with Gasteiger partial charge in [0.25, 0.3) is 0 Å². The number of aromatic hydroxyl groups is 1. The molecule has 1 fully saturated rings. The zero-order valence-corrected chi connectivity index (χ0v) is 19.8. The predicted octanol–water partition coefficient (Wildman–Crippen LogP) is -1.38. The summed E-state index contributed by atoms with van der Waals surface area (Å²) in [5.41, 5.74) is -1.58. The number of rotatable bonds is 8. The Kier molecular flexibility index (Phi) is 8.18. The standard InChI is InChI=1S/C25H28O13/c26-9-16-19(29)20(30)21(31)24(37-16)38-23-18-14(15(10-35-23)22(32)33)7-8-25(18,34)11-36-17(28)6-3-12-1-4-13(27)5-2-12/h1-8,10,14,16,18-21,23-24,26-27,29-31,34H,9,11H2,(H,32,33)/t14-,16-,18-,19-,20+,21-,23+,24+,25+/m1/s1. The molecular weight excluding hydrogens is 508 g/mol. The van der Waals surface area contributed by atoms with Crippen LogP contribution in [0.4, 0.5) is 0 Å². The van der Waals surface area contributed by atoms with Gasteiger partial charge in [0.15, 0.2) is 6.29 Å². The van der Waals surface area contributed by atoms with Crippen LogP contribution in [0.25, 0.3) is 6.08 Å². The van der Waals surface area contributed by atoms with E-state index >= 15 is 0 Å². The number of phenolic OH excluding ortho intramolecular Hbond substituents is 1. The van der Waals surface area contributed by atoms with Crippen molar-refractivity contribution in [3.63, 3.8) is 0 Å². The monoisotopic (exact) mass is 536 g/mol. The number of ether oxygens (including phenoxy) is 4. The van der Waals surface area contributed by atoms with Gasteiger partial charge in [0.05, 0.1) is 24.4 Å². The fraction of sp³-hybridized carbons (Fsp3) is 0.440. The minimum atomic E-state index is -1.97. The SMILES string of the molecule is O=C(C=Cc1ccc(O)cc1)OC[C@@]1(O)C=C[C@@H]2C(C(=O)O)=CO[C@@H](O[C@@H]3O[C@H](CO)[C@@H](O)[C@H](O)[C@H]3O)[C@@H]21. The van der Waals surface area contributed by atoms with Crippen LogP contribution in [0.2, 0.25) is 0 Å². The quantitative estimate of drug-likeness (QED) is 0.116. The third-order valence-electron chi connectivity index (χ3n) is 6.65. The van der Waals surface area contributed by atoms with E-state index in [0.29, 0.717) is 5.56 Å². The Morgan fingerprint density at radius 2 is 1.76 bits per heavy atom. The number of carboxylic acids is 1. The molecule has 0 unspecified atom stereocenters. The van der Waals surface area contributed by atoms with Crippen molar-refractivity contribution in [2.75, 3.05) is 13.2 Å². The van der Waals surface area contributed by atoms with E-state index in [0.717, 1.165) is 12.3 Å². The molecule has 206 valence electrons. The number of aliphatic hydroxyl groups excluding tert-OH is 4. The maximum absolute atomic E-state index is 12.3. The van der Waals surface area contributed by atoms with Crippen molar-refractivity contribution in [3.8, 4) is 5.75 Å². The van der Waals surface area contributed by atoms with Crippen molar-refractivity contribution in [1.82, 2.24) is 0 Å². The zero-order valence-electron chi connectivity index (χ0n) is 19.8. The Balaban J connectivity index is 1.50. The van der Waals surface area contributed by atoms with Crippen molar-refractivity contribution >= 4 is 18.0 Å². The predicted molar refractivity (Wildman–Crippen MR) is 125 cm³/mol. The molecule has 2 aliphatic heterocycles. The van der Waals surface area contributed by atoms with E-state index in [1.54, 1.807) is 12.1 Å². The molecule has 13 nitrogen and oxygen atoms in total. The highest BCUT2D eigenvalue weighted by atomic mass is 16.8. The highest BCUT2D eigenvalue weighted by Gasteiger charge is 2.56. The minimum Gasteiger partial charge on any atom is -0.508 e. The summed E-state index contributed by atoms with van der Waals surface area (Å²) in [5.74, 6) is -4.23. The maximum Gasteiger partial charge on any atom is 0.335 e. The van der Waals surface area contributed by atoms with Crippen LogP contribution >= 0.6 is 0 Å². The maximum atomic E-state index is 12.3.